The number of carbonyl (C=O) groups is 2. The summed E-state index contributed by atoms with van der Waals surface area (Å²) in [6.07, 6.45) is 3.84. The lowest BCUT2D eigenvalue weighted by atomic mass is 9.95. The molecule has 4 rings (SSSR count). The molecule has 0 unspecified atom stereocenters. The maximum absolute atomic E-state index is 13.4. The number of hydrogen-bond acceptors (Lipinski definition) is 8. The predicted molar refractivity (Wildman–Crippen MR) is 121 cm³/mol. The van der Waals surface area contributed by atoms with Gasteiger partial charge in [0.25, 0.3) is 0 Å². The molecule has 1 aromatic carbocycles. The molecular weight excluding hydrogens is 434 g/mol. The first-order valence-electron chi connectivity index (χ1n) is 10.1. The van der Waals surface area contributed by atoms with Crippen LogP contribution < -0.4 is 11.1 Å². The SMILES string of the molecule is CCOC(=O)c1c(NC(=O)[C@H](Sc2n[nH]c(N)n2)c2ccccc2)sc2c1CCCC2. The first-order chi connectivity index (χ1) is 15.1. The van der Waals surface area contributed by atoms with Crippen LogP contribution in [0.3, 0.4) is 0 Å². The highest BCUT2D eigenvalue weighted by Gasteiger charge is 2.30. The van der Waals surface area contributed by atoms with E-state index in [1.54, 1.807) is 6.92 Å². The number of nitrogens with two attached hydrogens (primary N) is 1. The van der Waals surface area contributed by atoms with Crippen molar-refractivity contribution in [1.82, 2.24) is 15.2 Å². The topological polar surface area (TPSA) is 123 Å². The Hall–Kier alpha value is -2.85. The number of esters is 1. The van der Waals surface area contributed by atoms with Crippen LogP contribution in [0.2, 0.25) is 0 Å². The van der Waals surface area contributed by atoms with E-state index in [4.69, 9.17) is 10.5 Å². The summed E-state index contributed by atoms with van der Waals surface area (Å²) in [6, 6.07) is 9.38. The zero-order valence-corrected chi connectivity index (χ0v) is 18.6. The molecule has 4 N–H and O–H groups in total. The van der Waals surface area contributed by atoms with E-state index in [2.05, 4.69) is 20.5 Å². The van der Waals surface area contributed by atoms with Crippen molar-refractivity contribution in [3.05, 3.63) is 51.9 Å². The number of benzene rings is 1. The standard InChI is InChI=1S/C21H23N5O3S2/c1-2-29-19(28)15-13-10-6-7-11-14(13)30-18(15)23-17(27)16(12-8-4-3-5-9-12)31-21-24-20(22)25-26-21/h3-5,8-9,16H,2,6-7,10-11H2,1H3,(H,23,27)(H3,22,24,25,26)/t16-/m1/s1. The van der Waals surface area contributed by atoms with E-state index in [-0.39, 0.29) is 24.4 Å². The van der Waals surface area contributed by atoms with Crippen molar-refractivity contribution in [1.29, 1.82) is 0 Å². The number of rotatable bonds is 7. The van der Waals surface area contributed by atoms with Crippen molar-refractivity contribution in [2.45, 2.75) is 43.0 Å². The number of nitrogen functional groups attached to an aromatic ring is 1. The number of hydrogen-bond donors (Lipinski definition) is 3. The highest BCUT2D eigenvalue weighted by Crippen LogP contribution is 2.40. The normalized spacial score (nSPS) is 14.0. The van der Waals surface area contributed by atoms with Crippen LogP contribution in [0.4, 0.5) is 10.9 Å². The number of carbonyl (C=O) groups excluding carboxylic acids is 2. The second-order valence-electron chi connectivity index (χ2n) is 7.04. The zero-order chi connectivity index (χ0) is 21.8. The van der Waals surface area contributed by atoms with E-state index in [0.717, 1.165) is 41.7 Å². The summed E-state index contributed by atoms with van der Waals surface area (Å²) in [6.45, 7) is 2.06. The molecule has 2 heterocycles. The summed E-state index contributed by atoms with van der Waals surface area (Å²) >= 11 is 2.66. The number of H-pyrrole nitrogens is 1. The molecular formula is C21H23N5O3S2. The highest BCUT2D eigenvalue weighted by atomic mass is 32.2. The molecule has 10 heteroatoms. The second-order valence-corrected chi connectivity index (χ2v) is 9.21. The van der Waals surface area contributed by atoms with Gasteiger partial charge >= 0.3 is 5.97 Å². The van der Waals surface area contributed by atoms with Crippen LogP contribution in [-0.2, 0) is 22.4 Å². The third-order valence-corrected chi connectivity index (χ3v) is 7.26. The molecule has 162 valence electrons. The van der Waals surface area contributed by atoms with E-state index < -0.39 is 5.25 Å². The van der Waals surface area contributed by atoms with Gasteiger partial charge in [0.05, 0.1) is 12.2 Å². The number of aromatic nitrogens is 3. The highest BCUT2D eigenvalue weighted by molar-refractivity contribution is 8.00. The van der Waals surface area contributed by atoms with Gasteiger partial charge in [-0.2, -0.15) is 4.98 Å². The third-order valence-electron chi connectivity index (χ3n) is 4.93. The summed E-state index contributed by atoms with van der Waals surface area (Å²) in [5.74, 6) is -0.461. The quantitative estimate of drug-likeness (QED) is 0.362. The van der Waals surface area contributed by atoms with E-state index in [0.29, 0.717) is 15.7 Å². The Morgan fingerprint density at radius 1 is 1.29 bits per heavy atom. The van der Waals surface area contributed by atoms with Gasteiger partial charge in [-0.1, -0.05) is 42.1 Å². The molecule has 0 spiro atoms. The minimum atomic E-state index is -0.620. The monoisotopic (exact) mass is 457 g/mol. The number of ether oxygens (including phenoxy) is 1. The number of thioether (sulfide) groups is 1. The fourth-order valence-electron chi connectivity index (χ4n) is 3.57. The molecule has 3 aromatic rings. The van der Waals surface area contributed by atoms with Crippen molar-refractivity contribution in [2.75, 3.05) is 17.7 Å². The van der Waals surface area contributed by atoms with Crippen molar-refractivity contribution < 1.29 is 14.3 Å². The van der Waals surface area contributed by atoms with Crippen molar-refractivity contribution in [2.24, 2.45) is 0 Å². The van der Waals surface area contributed by atoms with Crippen LogP contribution in [0, 0.1) is 0 Å². The molecule has 1 amide bonds. The number of aromatic amines is 1. The summed E-state index contributed by atoms with van der Waals surface area (Å²) in [5, 5.41) is 9.93. The van der Waals surface area contributed by atoms with Crippen molar-refractivity contribution >= 4 is 45.9 Å². The number of aryl methyl sites for hydroxylation is 1. The molecule has 31 heavy (non-hydrogen) atoms. The lowest BCUT2D eigenvalue weighted by Crippen LogP contribution is -2.20. The van der Waals surface area contributed by atoms with Crippen molar-refractivity contribution in [3.8, 4) is 0 Å². The van der Waals surface area contributed by atoms with E-state index in [1.165, 1.54) is 23.1 Å². The summed E-state index contributed by atoms with van der Waals surface area (Å²) in [5.41, 5.74) is 7.94. The Kier molecular flexibility index (Phi) is 6.57. The molecule has 2 aromatic heterocycles. The number of nitrogens with zero attached hydrogens (tertiary/aromatic N) is 2. The summed E-state index contributed by atoms with van der Waals surface area (Å²) in [4.78, 5) is 31.4. The van der Waals surface area contributed by atoms with Crippen LogP contribution in [0.15, 0.2) is 35.5 Å². The number of thiophene rings is 1. The van der Waals surface area contributed by atoms with Gasteiger partial charge in [-0.3, -0.25) is 4.79 Å². The Balaban J connectivity index is 1.65. The fourth-order valence-corrected chi connectivity index (χ4v) is 5.77. The molecule has 0 aliphatic heterocycles. The van der Waals surface area contributed by atoms with Gasteiger partial charge in [-0.05, 0) is 43.7 Å². The minimum Gasteiger partial charge on any atom is -0.462 e. The first kappa shape index (κ1) is 21.4. The number of amides is 1. The average Bonchev–Trinajstić information content (AvgIpc) is 3.35. The molecule has 1 aliphatic carbocycles. The average molecular weight is 458 g/mol. The third kappa shape index (κ3) is 4.75. The molecule has 0 saturated heterocycles. The zero-order valence-electron chi connectivity index (χ0n) is 17.0. The maximum Gasteiger partial charge on any atom is 0.341 e. The van der Waals surface area contributed by atoms with Gasteiger partial charge in [-0.25, -0.2) is 9.89 Å². The molecule has 1 atom stereocenters. The first-order valence-corrected chi connectivity index (χ1v) is 11.8. The summed E-state index contributed by atoms with van der Waals surface area (Å²) < 4.78 is 5.29. The molecule has 0 bridgehead atoms. The van der Waals surface area contributed by atoms with Gasteiger partial charge in [0.1, 0.15) is 10.3 Å². The van der Waals surface area contributed by atoms with Crippen LogP contribution in [0.25, 0.3) is 0 Å². The number of anilines is 2. The maximum atomic E-state index is 13.4. The van der Waals surface area contributed by atoms with E-state index >= 15 is 0 Å². The van der Waals surface area contributed by atoms with E-state index in [1.807, 2.05) is 30.3 Å². The van der Waals surface area contributed by atoms with E-state index in [9.17, 15) is 9.59 Å². The summed E-state index contributed by atoms with van der Waals surface area (Å²) in [7, 11) is 0. The second kappa shape index (κ2) is 9.52. The number of nitrogens with one attached hydrogen (secondary N) is 2. The van der Waals surface area contributed by atoms with Gasteiger partial charge in [-0.15, -0.1) is 16.4 Å². The molecule has 1 aliphatic rings. The lowest BCUT2D eigenvalue weighted by Gasteiger charge is -2.16. The largest absolute Gasteiger partial charge is 0.462 e. The van der Waals surface area contributed by atoms with Gasteiger partial charge < -0.3 is 15.8 Å². The van der Waals surface area contributed by atoms with Crippen molar-refractivity contribution in [3.63, 3.8) is 0 Å². The molecule has 8 nitrogen and oxygen atoms in total. The lowest BCUT2D eigenvalue weighted by molar-refractivity contribution is -0.115. The van der Waals surface area contributed by atoms with Crippen LogP contribution >= 0.6 is 23.1 Å². The smallest absolute Gasteiger partial charge is 0.341 e. The van der Waals surface area contributed by atoms with Crippen LogP contribution in [-0.4, -0.2) is 33.7 Å². The fraction of sp³-hybridized carbons (Fsp3) is 0.333. The molecule has 0 radical (unpaired) electrons. The Morgan fingerprint density at radius 3 is 2.77 bits per heavy atom. The van der Waals surface area contributed by atoms with Gasteiger partial charge in [0.2, 0.25) is 17.0 Å². The Labute approximate surface area is 188 Å². The Bertz CT molecular complexity index is 1080. The predicted octanol–water partition coefficient (Wildman–Crippen LogP) is 3.98. The number of fused-ring (bicyclic) bond motifs is 1. The Morgan fingerprint density at radius 2 is 2.06 bits per heavy atom. The minimum absolute atomic E-state index is 0.185. The molecule has 0 fully saturated rings. The van der Waals surface area contributed by atoms with Gasteiger partial charge in [0.15, 0.2) is 0 Å². The van der Waals surface area contributed by atoms with Crippen LogP contribution in [0.1, 0.15) is 51.4 Å². The van der Waals surface area contributed by atoms with Crippen LogP contribution in [0.5, 0.6) is 0 Å². The molecule has 0 saturated carbocycles. The van der Waals surface area contributed by atoms with Gasteiger partial charge in [0, 0.05) is 4.88 Å².